The minimum Gasteiger partial charge on any atom is -0.495 e. The van der Waals surface area contributed by atoms with Crippen LogP contribution < -0.4 is 15.6 Å². The molecule has 0 radical (unpaired) electrons. The van der Waals surface area contributed by atoms with Crippen LogP contribution in [0.3, 0.4) is 0 Å². The molecule has 1 N–H and O–H groups in total. The van der Waals surface area contributed by atoms with Crippen LogP contribution in [0.15, 0.2) is 69.9 Å². The van der Waals surface area contributed by atoms with Gasteiger partial charge in [0.2, 0.25) is 5.91 Å². The average Bonchev–Trinajstić information content (AvgIpc) is 3.23. The number of methoxy groups -OCH3 is 1. The zero-order valence-corrected chi connectivity index (χ0v) is 18.2. The first-order chi connectivity index (χ1) is 14.6. The van der Waals surface area contributed by atoms with Crippen molar-refractivity contribution in [3.05, 3.63) is 75.4 Å². The van der Waals surface area contributed by atoms with E-state index < -0.39 is 0 Å². The maximum absolute atomic E-state index is 13.2. The summed E-state index contributed by atoms with van der Waals surface area (Å²) in [7, 11) is 1.55. The molecule has 6 nitrogen and oxygen atoms in total. The largest absolute Gasteiger partial charge is 0.495 e. The van der Waals surface area contributed by atoms with Gasteiger partial charge in [0.25, 0.3) is 5.56 Å². The fourth-order valence-corrected chi connectivity index (χ4v) is 4.57. The number of thioether (sulfide) groups is 1. The summed E-state index contributed by atoms with van der Waals surface area (Å²) in [6, 6.07) is 15.9. The number of carbonyl (C=O) groups is 1. The van der Waals surface area contributed by atoms with Crippen LogP contribution in [0.5, 0.6) is 5.75 Å². The molecule has 1 amide bonds. The predicted octanol–water partition coefficient (Wildman–Crippen LogP) is 4.84. The highest BCUT2D eigenvalue weighted by Gasteiger charge is 2.18. The second-order valence-electron chi connectivity index (χ2n) is 6.19. The smallest absolute Gasteiger partial charge is 0.276 e. The zero-order valence-electron chi connectivity index (χ0n) is 15.8. The topological polar surface area (TPSA) is 73.2 Å². The average molecular weight is 458 g/mol. The Morgan fingerprint density at radius 3 is 2.73 bits per heavy atom. The predicted molar refractivity (Wildman–Crippen MR) is 123 cm³/mol. The Labute approximate surface area is 185 Å². The van der Waals surface area contributed by atoms with Crippen LogP contribution in [0, 0.1) is 0 Å². The molecule has 0 saturated carbocycles. The van der Waals surface area contributed by atoms with Crippen molar-refractivity contribution in [3.63, 3.8) is 0 Å². The molecule has 0 bridgehead atoms. The molecule has 152 valence electrons. The van der Waals surface area contributed by atoms with Crippen molar-refractivity contribution >= 4 is 56.5 Å². The van der Waals surface area contributed by atoms with Gasteiger partial charge in [-0.15, -0.1) is 11.3 Å². The van der Waals surface area contributed by atoms with E-state index in [9.17, 15) is 9.59 Å². The Morgan fingerprint density at radius 1 is 1.20 bits per heavy atom. The molecule has 0 saturated heterocycles. The quantitative estimate of drug-likeness (QED) is 0.331. The van der Waals surface area contributed by atoms with E-state index in [0.717, 1.165) is 0 Å². The van der Waals surface area contributed by atoms with Crippen LogP contribution in [0.4, 0.5) is 5.69 Å². The van der Waals surface area contributed by atoms with E-state index in [2.05, 4.69) is 10.3 Å². The van der Waals surface area contributed by atoms with Crippen molar-refractivity contribution in [2.45, 2.75) is 5.16 Å². The first-order valence-corrected chi connectivity index (χ1v) is 11.1. The highest BCUT2D eigenvalue weighted by Crippen LogP contribution is 2.28. The van der Waals surface area contributed by atoms with E-state index in [1.807, 2.05) is 17.5 Å². The summed E-state index contributed by atoms with van der Waals surface area (Å²) >= 11 is 8.40. The first-order valence-electron chi connectivity index (χ1n) is 8.88. The summed E-state index contributed by atoms with van der Waals surface area (Å²) in [6.45, 7) is 0. The summed E-state index contributed by atoms with van der Waals surface area (Å²) < 4.78 is 7.48. The maximum atomic E-state index is 13.2. The van der Waals surface area contributed by atoms with Gasteiger partial charge in [0, 0.05) is 10.7 Å². The second kappa shape index (κ2) is 8.91. The molecule has 0 unspecified atom stereocenters. The molecule has 0 fully saturated rings. The Hall–Kier alpha value is -2.81. The highest BCUT2D eigenvalue weighted by molar-refractivity contribution is 7.99. The van der Waals surface area contributed by atoms with Crippen LogP contribution in [0.25, 0.3) is 15.9 Å². The summed E-state index contributed by atoms with van der Waals surface area (Å²) in [5.74, 6) is 0.415. The van der Waals surface area contributed by atoms with Gasteiger partial charge in [-0.2, -0.15) is 0 Å². The third-order valence-corrected chi connectivity index (χ3v) is 6.32. The van der Waals surface area contributed by atoms with Gasteiger partial charge in [-0.3, -0.25) is 14.2 Å². The number of ether oxygens (including phenoxy) is 1. The molecule has 4 aromatic rings. The standard InChI is InChI=1S/C21H16ClN3O3S2/c1-28-17-5-3-2-4-16(17)25-20(27)19-15(10-11-29-19)24-21(25)30-12-18(26)23-14-8-6-13(22)7-9-14/h2-11H,12H2,1H3,(H,23,26). The number of carbonyl (C=O) groups excluding carboxylic acids is 1. The van der Waals surface area contributed by atoms with Crippen LogP contribution in [0.1, 0.15) is 0 Å². The lowest BCUT2D eigenvalue weighted by Gasteiger charge is -2.14. The number of benzene rings is 2. The molecular weight excluding hydrogens is 442 g/mol. The third-order valence-electron chi connectivity index (χ3n) is 4.24. The Morgan fingerprint density at radius 2 is 1.97 bits per heavy atom. The molecule has 0 aliphatic carbocycles. The van der Waals surface area contributed by atoms with Gasteiger partial charge in [0.1, 0.15) is 10.4 Å². The molecule has 2 aromatic carbocycles. The molecule has 0 spiro atoms. The van der Waals surface area contributed by atoms with E-state index in [4.69, 9.17) is 16.3 Å². The van der Waals surface area contributed by atoms with Gasteiger partial charge in [-0.1, -0.05) is 35.5 Å². The normalized spacial score (nSPS) is 10.9. The minimum absolute atomic E-state index is 0.0832. The lowest BCUT2D eigenvalue weighted by atomic mass is 10.3. The van der Waals surface area contributed by atoms with E-state index >= 15 is 0 Å². The van der Waals surface area contributed by atoms with Gasteiger partial charge < -0.3 is 10.1 Å². The van der Waals surface area contributed by atoms with Crippen LogP contribution >= 0.6 is 34.7 Å². The minimum atomic E-state index is -0.214. The molecule has 0 aliphatic heterocycles. The number of para-hydroxylation sites is 2. The van der Waals surface area contributed by atoms with E-state index in [1.54, 1.807) is 49.6 Å². The Kier molecular flexibility index (Phi) is 6.08. The second-order valence-corrected chi connectivity index (χ2v) is 8.48. The summed E-state index contributed by atoms with van der Waals surface area (Å²) in [4.78, 5) is 30.3. The SMILES string of the molecule is COc1ccccc1-n1c(SCC(=O)Nc2ccc(Cl)cc2)nc2ccsc2c1=O. The van der Waals surface area contributed by atoms with Gasteiger partial charge in [-0.05, 0) is 47.8 Å². The molecule has 30 heavy (non-hydrogen) atoms. The summed E-state index contributed by atoms with van der Waals surface area (Å²) in [6.07, 6.45) is 0. The molecule has 4 rings (SSSR count). The number of hydrogen-bond acceptors (Lipinski definition) is 6. The van der Waals surface area contributed by atoms with Crippen LogP contribution in [-0.4, -0.2) is 28.3 Å². The highest BCUT2D eigenvalue weighted by atomic mass is 35.5. The van der Waals surface area contributed by atoms with Gasteiger partial charge >= 0.3 is 0 Å². The monoisotopic (exact) mass is 457 g/mol. The third kappa shape index (κ3) is 4.21. The van der Waals surface area contributed by atoms with Gasteiger partial charge in [0.15, 0.2) is 5.16 Å². The van der Waals surface area contributed by atoms with E-state index in [0.29, 0.717) is 37.5 Å². The number of hydrogen-bond donors (Lipinski definition) is 1. The number of anilines is 1. The molecule has 9 heteroatoms. The first kappa shape index (κ1) is 20.5. The number of thiophene rings is 1. The molecule has 0 atom stereocenters. The lowest BCUT2D eigenvalue weighted by Crippen LogP contribution is -2.22. The molecule has 2 heterocycles. The Balaban J connectivity index is 1.67. The summed E-state index contributed by atoms with van der Waals surface area (Å²) in [5.41, 5.74) is 1.64. The van der Waals surface area contributed by atoms with Crippen LogP contribution in [0.2, 0.25) is 5.02 Å². The maximum Gasteiger partial charge on any atom is 0.276 e. The number of aromatic nitrogens is 2. The number of halogens is 1. The van der Waals surface area contributed by atoms with Gasteiger partial charge in [-0.25, -0.2) is 4.98 Å². The van der Waals surface area contributed by atoms with E-state index in [-0.39, 0.29) is 17.2 Å². The van der Waals surface area contributed by atoms with Crippen molar-refractivity contribution in [2.24, 2.45) is 0 Å². The van der Waals surface area contributed by atoms with Crippen molar-refractivity contribution in [2.75, 3.05) is 18.2 Å². The number of fused-ring (bicyclic) bond motifs is 1. The number of nitrogens with zero attached hydrogens (tertiary/aromatic N) is 2. The zero-order chi connectivity index (χ0) is 21.1. The van der Waals surface area contributed by atoms with Crippen molar-refractivity contribution < 1.29 is 9.53 Å². The van der Waals surface area contributed by atoms with Gasteiger partial charge in [0.05, 0.1) is 24.1 Å². The fraction of sp³-hybridized carbons (Fsp3) is 0.0952. The Bertz CT molecular complexity index is 1270. The number of amides is 1. The summed E-state index contributed by atoms with van der Waals surface area (Å²) in [5, 5.41) is 5.65. The molecule has 2 aromatic heterocycles. The number of nitrogens with one attached hydrogen (secondary N) is 1. The fourth-order valence-electron chi connectivity index (χ4n) is 2.88. The lowest BCUT2D eigenvalue weighted by molar-refractivity contribution is -0.113. The number of rotatable bonds is 6. The molecular formula is C21H16ClN3O3S2. The molecule has 0 aliphatic rings. The van der Waals surface area contributed by atoms with Crippen molar-refractivity contribution in [1.29, 1.82) is 0 Å². The van der Waals surface area contributed by atoms with Crippen molar-refractivity contribution in [1.82, 2.24) is 9.55 Å². The van der Waals surface area contributed by atoms with Crippen LogP contribution in [-0.2, 0) is 4.79 Å². The van der Waals surface area contributed by atoms with E-state index in [1.165, 1.54) is 27.7 Å². The van der Waals surface area contributed by atoms with Crippen molar-refractivity contribution in [3.8, 4) is 11.4 Å².